The summed E-state index contributed by atoms with van der Waals surface area (Å²) in [5.41, 5.74) is 1.37. The highest BCUT2D eigenvalue weighted by molar-refractivity contribution is 5.63. The van der Waals surface area contributed by atoms with Crippen LogP contribution in [0.1, 0.15) is 42.0 Å². The van der Waals surface area contributed by atoms with E-state index in [9.17, 15) is 13.2 Å². The van der Waals surface area contributed by atoms with Crippen LogP contribution in [0.15, 0.2) is 24.3 Å². The highest BCUT2D eigenvalue weighted by atomic mass is 19.4. The number of hydrogen-bond donors (Lipinski definition) is 2. The molecule has 0 saturated heterocycles. The topological polar surface area (TPSA) is 53.1 Å². The van der Waals surface area contributed by atoms with Gasteiger partial charge >= 0.3 is 6.18 Å². The molecule has 2 aromatic rings. The van der Waals surface area contributed by atoms with E-state index in [4.69, 9.17) is 0 Å². The van der Waals surface area contributed by atoms with Crippen LogP contribution in [-0.2, 0) is 6.18 Å². The van der Waals surface area contributed by atoms with Crippen molar-refractivity contribution in [1.29, 1.82) is 0 Å². The van der Waals surface area contributed by atoms with E-state index in [1.807, 2.05) is 20.2 Å². The van der Waals surface area contributed by atoms with Gasteiger partial charge in [0, 0.05) is 24.2 Å². The number of hydrogen-bond acceptors (Lipinski definition) is 5. The molecule has 1 aliphatic carbocycles. The first kappa shape index (κ1) is 20.4. The molecule has 1 fully saturated rings. The van der Waals surface area contributed by atoms with Crippen molar-refractivity contribution in [1.82, 2.24) is 14.9 Å². The summed E-state index contributed by atoms with van der Waals surface area (Å²) in [6, 6.07) is 5.52. The van der Waals surface area contributed by atoms with Crippen LogP contribution in [-0.4, -0.2) is 42.1 Å². The molecule has 0 atom stereocenters. The van der Waals surface area contributed by atoms with E-state index in [1.165, 1.54) is 6.07 Å². The first-order chi connectivity index (χ1) is 13.2. The fraction of sp³-hybridized carbons (Fsp3) is 0.500. The molecule has 152 valence electrons. The average Bonchev–Trinajstić information content (AvgIpc) is 3.44. The SMILES string of the molecule is Cc1ccc(C(F)(F)F)cc1Nc1cc(C2CC2)nc(NCCCN(C)C)n1. The minimum Gasteiger partial charge on any atom is -0.354 e. The van der Waals surface area contributed by atoms with Gasteiger partial charge in [-0.2, -0.15) is 18.2 Å². The Hall–Kier alpha value is -2.35. The van der Waals surface area contributed by atoms with Crippen LogP contribution in [0, 0.1) is 6.92 Å². The zero-order valence-electron chi connectivity index (χ0n) is 16.4. The molecule has 0 amide bonds. The molecule has 0 radical (unpaired) electrons. The monoisotopic (exact) mass is 393 g/mol. The summed E-state index contributed by atoms with van der Waals surface area (Å²) >= 11 is 0. The van der Waals surface area contributed by atoms with Gasteiger partial charge in [-0.05, 0) is 64.5 Å². The Bertz CT molecular complexity index is 816. The number of anilines is 3. The highest BCUT2D eigenvalue weighted by Gasteiger charge is 2.31. The lowest BCUT2D eigenvalue weighted by Crippen LogP contribution is -2.17. The molecule has 1 aromatic carbocycles. The third-order valence-electron chi connectivity index (χ3n) is 4.63. The number of halogens is 3. The first-order valence-electron chi connectivity index (χ1n) is 9.45. The van der Waals surface area contributed by atoms with Crippen molar-refractivity contribution in [2.75, 3.05) is 37.8 Å². The fourth-order valence-electron chi connectivity index (χ4n) is 2.86. The molecular formula is C20H26F3N5. The maximum Gasteiger partial charge on any atom is 0.416 e. The van der Waals surface area contributed by atoms with Crippen LogP contribution < -0.4 is 10.6 Å². The maximum absolute atomic E-state index is 13.0. The van der Waals surface area contributed by atoms with Crippen molar-refractivity contribution in [2.45, 2.75) is 38.3 Å². The second-order valence-electron chi connectivity index (χ2n) is 7.51. The molecule has 1 saturated carbocycles. The van der Waals surface area contributed by atoms with Crippen molar-refractivity contribution in [2.24, 2.45) is 0 Å². The zero-order valence-corrected chi connectivity index (χ0v) is 16.4. The largest absolute Gasteiger partial charge is 0.416 e. The molecule has 0 bridgehead atoms. The third-order valence-corrected chi connectivity index (χ3v) is 4.63. The van der Waals surface area contributed by atoms with E-state index in [0.29, 0.717) is 23.4 Å². The van der Waals surface area contributed by atoms with E-state index in [2.05, 4.69) is 25.5 Å². The number of alkyl halides is 3. The Kier molecular flexibility index (Phi) is 6.07. The summed E-state index contributed by atoms with van der Waals surface area (Å²) in [4.78, 5) is 11.1. The van der Waals surface area contributed by atoms with Gasteiger partial charge < -0.3 is 15.5 Å². The standard InChI is InChI=1S/C20H26F3N5/c1-13-5-8-15(20(21,22)23)11-16(13)25-18-12-17(14-6-7-14)26-19(27-18)24-9-4-10-28(2)3/h5,8,11-12,14H,4,6-7,9-10H2,1-3H3,(H2,24,25,26,27). The summed E-state index contributed by atoms with van der Waals surface area (Å²) in [7, 11) is 4.03. The molecule has 0 spiro atoms. The summed E-state index contributed by atoms with van der Waals surface area (Å²) in [5.74, 6) is 1.43. The number of aryl methyl sites for hydroxylation is 1. The fourth-order valence-corrected chi connectivity index (χ4v) is 2.86. The van der Waals surface area contributed by atoms with Crippen LogP contribution >= 0.6 is 0 Å². The Labute approximate surface area is 163 Å². The van der Waals surface area contributed by atoms with E-state index in [1.54, 1.807) is 6.92 Å². The molecule has 1 aliphatic rings. The third kappa shape index (κ3) is 5.58. The van der Waals surface area contributed by atoms with Gasteiger partial charge in [-0.1, -0.05) is 6.07 Å². The molecule has 28 heavy (non-hydrogen) atoms. The number of nitrogens with one attached hydrogen (secondary N) is 2. The summed E-state index contributed by atoms with van der Waals surface area (Å²) in [6.07, 6.45) is -1.27. The van der Waals surface area contributed by atoms with Crippen molar-refractivity contribution >= 4 is 17.5 Å². The Morgan fingerprint density at radius 3 is 2.54 bits per heavy atom. The van der Waals surface area contributed by atoms with Gasteiger partial charge in [-0.3, -0.25) is 0 Å². The van der Waals surface area contributed by atoms with Gasteiger partial charge in [0.15, 0.2) is 0 Å². The van der Waals surface area contributed by atoms with E-state index in [0.717, 1.165) is 55.7 Å². The minimum atomic E-state index is -4.38. The van der Waals surface area contributed by atoms with E-state index in [-0.39, 0.29) is 0 Å². The molecule has 0 unspecified atom stereocenters. The lowest BCUT2D eigenvalue weighted by atomic mass is 10.1. The molecule has 8 heteroatoms. The van der Waals surface area contributed by atoms with Crippen molar-refractivity contribution in [3.63, 3.8) is 0 Å². The van der Waals surface area contributed by atoms with Gasteiger partial charge in [0.05, 0.1) is 11.3 Å². The number of rotatable bonds is 8. The number of benzene rings is 1. The Morgan fingerprint density at radius 2 is 1.89 bits per heavy atom. The molecular weight excluding hydrogens is 367 g/mol. The van der Waals surface area contributed by atoms with Crippen molar-refractivity contribution in [3.05, 3.63) is 41.1 Å². The lowest BCUT2D eigenvalue weighted by molar-refractivity contribution is -0.137. The molecule has 2 N–H and O–H groups in total. The van der Waals surface area contributed by atoms with Crippen LogP contribution in [0.5, 0.6) is 0 Å². The highest BCUT2D eigenvalue weighted by Crippen LogP contribution is 2.40. The summed E-state index contributed by atoms with van der Waals surface area (Å²) in [5, 5.41) is 6.29. The molecule has 5 nitrogen and oxygen atoms in total. The molecule has 1 aromatic heterocycles. The Morgan fingerprint density at radius 1 is 1.14 bits per heavy atom. The average molecular weight is 393 g/mol. The normalized spacial score (nSPS) is 14.4. The van der Waals surface area contributed by atoms with Gasteiger partial charge in [0.2, 0.25) is 5.95 Å². The van der Waals surface area contributed by atoms with Crippen LogP contribution in [0.3, 0.4) is 0 Å². The molecule has 0 aliphatic heterocycles. The molecule has 1 heterocycles. The number of aromatic nitrogens is 2. The summed E-state index contributed by atoms with van der Waals surface area (Å²) < 4.78 is 39.1. The van der Waals surface area contributed by atoms with Gasteiger partial charge in [-0.15, -0.1) is 0 Å². The maximum atomic E-state index is 13.0. The van der Waals surface area contributed by atoms with E-state index < -0.39 is 11.7 Å². The van der Waals surface area contributed by atoms with E-state index >= 15 is 0 Å². The Balaban J connectivity index is 1.79. The smallest absolute Gasteiger partial charge is 0.354 e. The van der Waals surface area contributed by atoms with Gasteiger partial charge in [-0.25, -0.2) is 4.98 Å². The minimum absolute atomic E-state index is 0.397. The van der Waals surface area contributed by atoms with Gasteiger partial charge in [0.25, 0.3) is 0 Å². The zero-order chi connectivity index (χ0) is 20.3. The van der Waals surface area contributed by atoms with Gasteiger partial charge in [0.1, 0.15) is 5.82 Å². The second kappa shape index (κ2) is 8.34. The summed E-state index contributed by atoms with van der Waals surface area (Å²) in [6.45, 7) is 3.45. The van der Waals surface area contributed by atoms with Crippen LogP contribution in [0.4, 0.5) is 30.6 Å². The second-order valence-corrected chi connectivity index (χ2v) is 7.51. The molecule has 3 rings (SSSR count). The van der Waals surface area contributed by atoms with Crippen molar-refractivity contribution in [3.8, 4) is 0 Å². The first-order valence-corrected chi connectivity index (χ1v) is 9.45. The predicted molar refractivity (Wildman–Crippen MR) is 105 cm³/mol. The lowest BCUT2D eigenvalue weighted by Gasteiger charge is -2.15. The van der Waals surface area contributed by atoms with Crippen molar-refractivity contribution < 1.29 is 13.2 Å². The van der Waals surface area contributed by atoms with Crippen LogP contribution in [0.2, 0.25) is 0 Å². The van der Waals surface area contributed by atoms with Crippen LogP contribution in [0.25, 0.3) is 0 Å². The predicted octanol–water partition coefficient (Wildman–Crippen LogP) is 4.79. The number of nitrogens with zero attached hydrogens (tertiary/aromatic N) is 3. The quantitative estimate of drug-likeness (QED) is 0.632.